The Labute approximate surface area is 112 Å². The summed E-state index contributed by atoms with van der Waals surface area (Å²) in [5, 5.41) is 0. The highest BCUT2D eigenvalue weighted by molar-refractivity contribution is 7.48. The smallest absolute Gasteiger partial charge is 0.287 e. The molecule has 0 heterocycles. The lowest BCUT2D eigenvalue weighted by Crippen LogP contribution is -2.10. The Balaban J connectivity index is 4.04. The largest absolute Gasteiger partial charge is 0.475 e. The molecule has 0 aliphatic carbocycles. The molecule has 0 amide bonds. The van der Waals surface area contributed by atoms with Gasteiger partial charge in [0.2, 0.25) is 0 Å². The fourth-order valence-electron chi connectivity index (χ4n) is 1.64. The number of hydrogen-bond donors (Lipinski definition) is 0. The van der Waals surface area contributed by atoms with Gasteiger partial charge in [-0.25, -0.2) is 4.57 Å². The summed E-state index contributed by atoms with van der Waals surface area (Å²) in [6, 6.07) is 0. The summed E-state index contributed by atoms with van der Waals surface area (Å²) in [6.07, 6.45) is 6.09. The molecule has 0 saturated carbocycles. The van der Waals surface area contributed by atoms with Crippen molar-refractivity contribution in [2.75, 3.05) is 13.2 Å². The van der Waals surface area contributed by atoms with Gasteiger partial charge >= 0.3 is 7.82 Å². The average Bonchev–Trinajstić information content (AvgIpc) is 2.29. The van der Waals surface area contributed by atoms with Gasteiger partial charge in [0.05, 0.1) is 19.3 Å². The van der Waals surface area contributed by atoms with Crippen LogP contribution in [-0.4, -0.2) is 19.3 Å². The fourth-order valence-corrected chi connectivity index (χ4v) is 3.05. The molecule has 0 aliphatic rings. The molecule has 5 heteroatoms. The van der Waals surface area contributed by atoms with Gasteiger partial charge in [-0.15, -0.1) is 0 Å². The van der Waals surface area contributed by atoms with E-state index in [-0.39, 0.29) is 6.10 Å². The molecular weight excluding hydrogens is 251 g/mol. The van der Waals surface area contributed by atoms with Crippen molar-refractivity contribution in [2.45, 2.75) is 72.3 Å². The minimum atomic E-state index is -3.35. The van der Waals surface area contributed by atoms with E-state index in [4.69, 9.17) is 13.6 Å². The van der Waals surface area contributed by atoms with Crippen LogP contribution in [0.5, 0.6) is 0 Å². The number of unbranched alkanes of at least 4 members (excludes halogenated alkanes) is 3. The third-order valence-electron chi connectivity index (χ3n) is 2.54. The van der Waals surface area contributed by atoms with Crippen molar-refractivity contribution in [3.63, 3.8) is 0 Å². The highest BCUT2D eigenvalue weighted by atomic mass is 31.2. The zero-order chi connectivity index (χ0) is 13.9. The fraction of sp³-hybridized carbons (Fsp3) is 1.00. The summed E-state index contributed by atoms with van der Waals surface area (Å²) < 4.78 is 28.2. The zero-order valence-corrected chi connectivity index (χ0v) is 13.2. The Bertz CT molecular complexity index is 233. The highest BCUT2D eigenvalue weighted by Gasteiger charge is 2.28. The molecule has 0 bridgehead atoms. The molecule has 110 valence electrons. The predicted molar refractivity (Wildman–Crippen MR) is 74.8 cm³/mol. The molecule has 0 rings (SSSR count). The first kappa shape index (κ1) is 18.1. The maximum absolute atomic E-state index is 12.3. The van der Waals surface area contributed by atoms with Crippen LogP contribution in [0.4, 0.5) is 0 Å². The summed E-state index contributed by atoms with van der Waals surface area (Å²) in [6.45, 7) is 8.69. The van der Waals surface area contributed by atoms with Gasteiger partial charge in [0.15, 0.2) is 0 Å². The maximum Gasteiger partial charge on any atom is 0.475 e. The number of phosphoric ester groups is 1. The summed E-state index contributed by atoms with van der Waals surface area (Å²) in [7, 11) is -3.35. The van der Waals surface area contributed by atoms with E-state index in [0.717, 1.165) is 25.7 Å². The molecule has 0 N–H and O–H groups in total. The monoisotopic (exact) mass is 280 g/mol. The summed E-state index contributed by atoms with van der Waals surface area (Å²) >= 11 is 0. The maximum atomic E-state index is 12.3. The van der Waals surface area contributed by atoms with Crippen LogP contribution in [0, 0.1) is 0 Å². The molecule has 0 spiro atoms. The molecule has 0 saturated heterocycles. The zero-order valence-electron chi connectivity index (χ0n) is 12.3. The molecule has 4 nitrogen and oxygen atoms in total. The van der Waals surface area contributed by atoms with Crippen molar-refractivity contribution in [2.24, 2.45) is 0 Å². The van der Waals surface area contributed by atoms with Gasteiger partial charge in [-0.1, -0.05) is 39.5 Å². The first-order valence-electron chi connectivity index (χ1n) is 7.15. The van der Waals surface area contributed by atoms with Crippen LogP contribution in [0.2, 0.25) is 0 Å². The third-order valence-corrected chi connectivity index (χ3v) is 4.23. The Hall–Kier alpha value is 0.110. The van der Waals surface area contributed by atoms with Crippen LogP contribution < -0.4 is 0 Å². The van der Waals surface area contributed by atoms with Gasteiger partial charge in [-0.2, -0.15) is 0 Å². The minimum absolute atomic E-state index is 0.0944. The van der Waals surface area contributed by atoms with Gasteiger partial charge in [0.1, 0.15) is 0 Å². The van der Waals surface area contributed by atoms with E-state index < -0.39 is 7.82 Å². The van der Waals surface area contributed by atoms with E-state index >= 15 is 0 Å². The van der Waals surface area contributed by atoms with Crippen LogP contribution in [0.1, 0.15) is 66.2 Å². The highest BCUT2D eigenvalue weighted by Crippen LogP contribution is 2.51. The average molecular weight is 280 g/mol. The van der Waals surface area contributed by atoms with E-state index in [9.17, 15) is 4.57 Å². The summed E-state index contributed by atoms with van der Waals surface area (Å²) in [4.78, 5) is 0. The Morgan fingerprint density at radius 3 is 2.28 bits per heavy atom. The molecule has 0 aromatic rings. The van der Waals surface area contributed by atoms with Crippen LogP contribution in [-0.2, 0) is 18.1 Å². The van der Waals surface area contributed by atoms with E-state index in [1.165, 1.54) is 12.8 Å². The van der Waals surface area contributed by atoms with Crippen molar-refractivity contribution < 1.29 is 18.1 Å². The number of rotatable bonds is 12. The standard InChI is InChI=1S/C13H29O4P/c1-5-8-9-10-12-16-18(14,15-7-3)17-13(4)11-6-2/h13H,5-12H2,1-4H3. The third kappa shape index (κ3) is 9.09. The SMILES string of the molecule is CCCCCCOP(=O)(OCC)OC(C)CCC. The van der Waals surface area contributed by atoms with Crippen LogP contribution >= 0.6 is 7.82 Å². The first-order chi connectivity index (χ1) is 8.58. The van der Waals surface area contributed by atoms with Crippen LogP contribution in [0.15, 0.2) is 0 Å². The molecule has 0 aromatic carbocycles. The molecular formula is C13H29O4P. The van der Waals surface area contributed by atoms with E-state index in [0.29, 0.717) is 13.2 Å². The van der Waals surface area contributed by atoms with Crippen LogP contribution in [0.25, 0.3) is 0 Å². The van der Waals surface area contributed by atoms with Crippen molar-refractivity contribution in [1.29, 1.82) is 0 Å². The van der Waals surface area contributed by atoms with Crippen molar-refractivity contribution in [3.05, 3.63) is 0 Å². The van der Waals surface area contributed by atoms with E-state index in [1.54, 1.807) is 6.92 Å². The second-order valence-electron chi connectivity index (χ2n) is 4.46. The lowest BCUT2D eigenvalue weighted by Gasteiger charge is -2.21. The minimum Gasteiger partial charge on any atom is -0.287 e. The van der Waals surface area contributed by atoms with Gasteiger partial charge in [0, 0.05) is 0 Å². The Morgan fingerprint density at radius 1 is 1.00 bits per heavy atom. The Kier molecular flexibility index (Phi) is 11.0. The van der Waals surface area contributed by atoms with Gasteiger partial charge in [-0.05, 0) is 26.7 Å². The molecule has 0 aromatic heterocycles. The number of hydrogen-bond acceptors (Lipinski definition) is 4. The lowest BCUT2D eigenvalue weighted by molar-refractivity contribution is 0.0830. The van der Waals surface area contributed by atoms with Crippen molar-refractivity contribution in [1.82, 2.24) is 0 Å². The van der Waals surface area contributed by atoms with Crippen molar-refractivity contribution in [3.8, 4) is 0 Å². The summed E-state index contributed by atoms with van der Waals surface area (Å²) in [5.74, 6) is 0. The second-order valence-corrected chi connectivity index (χ2v) is 6.09. The molecule has 2 atom stereocenters. The summed E-state index contributed by atoms with van der Waals surface area (Å²) in [5.41, 5.74) is 0. The predicted octanol–water partition coefficient (Wildman–Crippen LogP) is 4.93. The molecule has 0 aliphatic heterocycles. The van der Waals surface area contributed by atoms with Gasteiger partial charge < -0.3 is 0 Å². The topological polar surface area (TPSA) is 44.8 Å². The van der Waals surface area contributed by atoms with Gasteiger partial charge in [-0.3, -0.25) is 13.6 Å². The number of phosphoric acid groups is 1. The van der Waals surface area contributed by atoms with Crippen molar-refractivity contribution >= 4 is 7.82 Å². The quantitative estimate of drug-likeness (QED) is 0.375. The molecule has 0 fully saturated rings. The second kappa shape index (κ2) is 11.0. The van der Waals surface area contributed by atoms with Gasteiger partial charge in [0.25, 0.3) is 0 Å². The lowest BCUT2D eigenvalue weighted by atomic mass is 10.2. The first-order valence-corrected chi connectivity index (χ1v) is 8.61. The Morgan fingerprint density at radius 2 is 1.72 bits per heavy atom. The van der Waals surface area contributed by atoms with E-state index in [1.807, 2.05) is 6.92 Å². The molecule has 18 heavy (non-hydrogen) atoms. The normalized spacial score (nSPS) is 16.4. The molecule has 0 radical (unpaired) electrons. The van der Waals surface area contributed by atoms with Crippen LogP contribution in [0.3, 0.4) is 0 Å². The van der Waals surface area contributed by atoms with E-state index in [2.05, 4.69) is 13.8 Å². The molecule has 2 unspecified atom stereocenters.